The fraction of sp³-hybridized carbons (Fsp3) is 0.158. The van der Waals surface area contributed by atoms with Gasteiger partial charge in [-0.15, -0.1) is 5.10 Å². The molecule has 3 N–H and O–H groups in total. The Balaban J connectivity index is 1.36. The van der Waals surface area contributed by atoms with E-state index in [9.17, 15) is 10.1 Å². The highest BCUT2D eigenvalue weighted by atomic mass is 16.6. The molecule has 1 aliphatic heterocycles. The number of rotatable bonds is 7. The Bertz CT molecular complexity index is 1110. The minimum absolute atomic E-state index is 0.0515. The van der Waals surface area contributed by atoms with Crippen LogP contribution in [0, 0.1) is 21.4 Å². The van der Waals surface area contributed by atoms with Gasteiger partial charge in [-0.05, 0) is 29.8 Å². The molecule has 1 unspecified atom stereocenters. The Morgan fingerprint density at radius 2 is 2.00 bits per heavy atom. The van der Waals surface area contributed by atoms with Crippen molar-refractivity contribution >= 4 is 23.4 Å². The minimum Gasteiger partial charge on any atom is -0.368 e. The number of benzene rings is 1. The molecule has 0 aliphatic carbocycles. The second kappa shape index (κ2) is 8.27. The summed E-state index contributed by atoms with van der Waals surface area (Å²) in [5.74, 6) is 1.63. The summed E-state index contributed by atoms with van der Waals surface area (Å²) in [5, 5.41) is 33.4. The highest BCUT2D eigenvalue weighted by molar-refractivity contribution is 5.45. The molecule has 3 aromatic rings. The maximum Gasteiger partial charge on any atom is 0.287 e. The van der Waals surface area contributed by atoms with Gasteiger partial charge in [0.1, 0.15) is 18.1 Å². The monoisotopic (exact) mass is 403 g/mol. The first-order valence-electron chi connectivity index (χ1n) is 9.12. The van der Waals surface area contributed by atoms with Crippen LogP contribution >= 0.6 is 0 Å². The average Bonchev–Trinajstić information content (AvgIpc) is 3.20. The van der Waals surface area contributed by atoms with E-state index < -0.39 is 4.92 Å². The number of allylic oxidation sites excluding steroid dienone is 1. The molecule has 11 heteroatoms. The summed E-state index contributed by atoms with van der Waals surface area (Å²) in [7, 11) is 0. The highest BCUT2D eigenvalue weighted by Crippen LogP contribution is 2.27. The second-order valence-electron chi connectivity index (χ2n) is 6.40. The molecule has 0 radical (unpaired) electrons. The van der Waals surface area contributed by atoms with Gasteiger partial charge in [-0.1, -0.05) is 12.1 Å². The van der Waals surface area contributed by atoms with Gasteiger partial charge < -0.3 is 16.0 Å². The van der Waals surface area contributed by atoms with Crippen molar-refractivity contribution in [2.45, 2.75) is 6.04 Å². The number of fused-ring (bicyclic) bond motifs is 1. The van der Waals surface area contributed by atoms with Gasteiger partial charge in [0.15, 0.2) is 0 Å². The molecule has 1 aromatic carbocycles. The fourth-order valence-electron chi connectivity index (χ4n) is 2.96. The molecule has 0 saturated carbocycles. The predicted molar refractivity (Wildman–Crippen MR) is 110 cm³/mol. The van der Waals surface area contributed by atoms with Crippen LogP contribution in [0.3, 0.4) is 0 Å². The molecular formula is C19H17N9O2. The molecule has 0 amide bonds. The summed E-state index contributed by atoms with van der Waals surface area (Å²) in [4.78, 5) is 18.6. The normalized spacial score (nSPS) is 14.3. The van der Waals surface area contributed by atoms with E-state index in [0.717, 1.165) is 5.56 Å². The van der Waals surface area contributed by atoms with E-state index in [0.29, 0.717) is 36.4 Å². The number of anilines is 3. The largest absolute Gasteiger partial charge is 0.368 e. The van der Waals surface area contributed by atoms with Crippen molar-refractivity contribution in [3.05, 3.63) is 76.1 Å². The minimum atomic E-state index is -0.488. The molecule has 11 nitrogen and oxygen atoms in total. The van der Waals surface area contributed by atoms with Crippen LogP contribution in [-0.4, -0.2) is 37.8 Å². The number of hydrogen-bond donors (Lipinski definition) is 3. The summed E-state index contributed by atoms with van der Waals surface area (Å²) < 4.78 is 1.77. The number of hydrogen-bond acceptors (Lipinski definition) is 9. The quantitative estimate of drug-likeness (QED) is 0.307. The summed E-state index contributed by atoms with van der Waals surface area (Å²) in [6.07, 6.45) is 5.00. The number of nitriles is 1. The van der Waals surface area contributed by atoms with Gasteiger partial charge in [0.25, 0.3) is 5.69 Å². The number of nitro groups is 1. The third-order valence-corrected chi connectivity index (χ3v) is 4.44. The van der Waals surface area contributed by atoms with Gasteiger partial charge >= 0.3 is 0 Å². The number of nitrogens with zero attached hydrogens (tertiary/aromatic N) is 6. The molecule has 0 fully saturated rings. The Morgan fingerprint density at radius 3 is 2.70 bits per heavy atom. The Kier molecular flexibility index (Phi) is 5.21. The number of pyridine rings is 1. The van der Waals surface area contributed by atoms with Crippen LogP contribution in [-0.2, 0) is 0 Å². The van der Waals surface area contributed by atoms with E-state index in [1.54, 1.807) is 22.9 Å². The smallest absolute Gasteiger partial charge is 0.287 e. The van der Waals surface area contributed by atoms with E-state index >= 15 is 0 Å². The van der Waals surface area contributed by atoms with Crippen molar-refractivity contribution < 1.29 is 4.92 Å². The average molecular weight is 403 g/mol. The third kappa shape index (κ3) is 4.02. The molecule has 2 aromatic heterocycles. The third-order valence-electron chi connectivity index (χ3n) is 4.44. The van der Waals surface area contributed by atoms with E-state index in [1.807, 2.05) is 24.4 Å². The molecule has 150 valence electrons. The van der Waals surface area contributed by atoms with E-state index in [-0.39, 0.29) is 11.7 Å². The van der Waals surface area contributed by atoms with Gasteiger partial charge in [-0.25, -0.2) is 9.67 Å². The molecular weight excluding hydrogens is 386 g/mol. The van der Waals surface area contributed by atoms with Crippen LogP contribution in [0.1, 0.15) is 17.2 Å². The van der Waals surface area contributed by atoms with Gasteiger partial charge in [-0.3, -0.25) is 10.1 Å². The lowest BCUT2D eigenvalue weighted by Gasteiger charge is -2.19. The fourth-order valence-corrected chi connectivity index (χ4v) is 2.96. The topological polar surface area (TPSA) is 147 Å². The molecule has 0 spiro atoms. The van der Waals surface area contributed by atoms with Crippen LogP contribution in [0.2, 0.25) is 0 Å². The van der Waals surface area contributed by atoms with Crippen molar-refractivity contribution in [3.63, 3.8) is 0 Å². The van der Waals surface area contributed by atoms with E-state index in [1.165, 1.54) is 12.3 Å². The molecule has 3 heterocycles. The lowest BCUT2D eigenvalue weighted by Crippen LogP contribution is -2.17. The molecule has 1 aliphatic rings. The van der Waals surface area contributed by atoms with Gasteiger partial charge in [-0.2, -0.15) is 10.2 Å². The van der Waals surface area contributed by atoms with E-state index in [2.05, 4.69) is 37.1 Å². The van der Waals surface area contributed by atoms with Crippen LogP contribution in [0.15, 0.2) is 54.9 Å². The predicted octanol–water partition coefficient (Wildman–Crippen LogP) is 2.51. The van der Waals surface area contributed by atoms with Crippen LogP contribution in [0.5, 0.6) is 0 Å². The van der Waals surface area contributed by atoms with E-state index in [4.69, 9.17) is 5.26 Å². The standard InChI is InChI=1S/C19H17N9O2/c20-11-13-1-3-14(4-2-13)16-7-8-23-19-25-18(26-27(16)19)22-10-9-21-17-6-5-15(12-24-17)28(29)30/h1-8,12,16H,9-10H2,(H,21,24)(H2,22,23,25,26). The zero-order valence-corrected chi connectivity index (χ0v) is 15.7. The Hall–Kier alpha value is -4.46. The zero-order valence-electron chi connectivity index (χ0n) is 15.7. The summed E-state index contributed by atoms with van der Waals surface area (Å²) in [6.45, 7) is 1.05. The molecule has 1 atom stereocenters. The lowest BCUT2D eigenvalue weighted by atomic mass is 10.0. The van der Waals surface area contributed by atoms with Crippen LogP contribution in [0.25, 0.3) is 0 Å². The van der Waals surface area contributed by atoms with Crippen molar-refractivity contribution in [1.82, 2.24) is 19.7 Å². The van der Waals surface area contributed by atoms with Crippen molar-refractivity contribution in [2.75, 3.05) is 29.0 Å². The molecule has 0 saturated heterocycles. The lowest BCUT2D eigenvalue weighted by molar-refractivity contribution is -0.385. The SMILES string of the molecule is N#Cc1ccc(C2C=CNc3nc(NCCNc4ccc([N+](=O)[O-])cn4)nn32)cc1. The first-order valence-corrected chi connectivity index (χ1v) is 9.12. The number of aromatic nitrogens is 4. The Labute approximate surface area is 171 Å². The zero-order chi connectivity index (χ0) is 20.9. The second-order valence-corrected chi connectivity index (χ2v) is 6.40. The van der Waals surface area contributed by atoms with Crippen molar-refractivity contribution in [2.24, 2.45) is 0 Å². The molecule has 30 heavy (non-hydrogen) atoms. The van der Waals surface area contributed by atoms with Crippen molar-refractivity contribution in [1.29, 1.82) is 5.26 Å². The maximum absolute atomic E-state index is 10.7. The highest BCUT2D eigenvalue weighted by Gasteiger charge is 2.21. The number of nitrogens with one attached hydrogen (secondary N) is 3. The first kappa shape index (κ1) is 18.9. The molecule has 4 rings (SSSR count). The van der Waals surface area contributed by atoms with Gasteiger partial charge in [0.2, 0.25) is 11.9 Å². The van der Waals surface area contributed by atoms with Crippen LogP contribution in [0.4, 0.5) is 23.4 Å². The first-order chi connectivity index (χ1) is 14.6. The molecule has 0 bridgehead atoms. The van der Waals surface area contributed by atoms with Gasteiger partial charge in [0.05, 0.1) is 16.6 Å². The van der Waals surface area contributed by atoms with Crippen molar-refractivity contribution in [3.8, 4) is 6.07 Å². The summed E-state index contributed by atoms with van der Waals surface area (Å²) >= 11 is 0. The Morgan fingerprint density at radius 1 is 1.20 bits per heavy atom. The summed E-state index contributed by atoms with van der Waals surface area (Å²) in [5.41, 5.74) is 1.55. The summed E-state index contributed by atoms with van der Waals surface area (Å²) in [6, 6.07) is 12.3. The maximum atomic E-state index is 10.7. The van der Waals surface area contributed by atoms with Gasteiger partial charge in [0, 0.05) is 25.4 Å². The van der Waals surface area contributed by atoms with Crippen LogP contribution < -0.4 is 16.0 Å².